The first-order valence-electron chi connectivity index (χ1n) is 9.40. The number of nitrogens with zero attached hydrogens (tertiary/aromatic N) is 3. The third-order valence-electron chi connectivity index (χ3n) is 4.56. The number of benzene rings is 1. The molecule has 31 heavy (non-hydrogen) atoms. The smallest absolute Gasteiger partial charge is 0.304 e. The molecule has 1 atom stereocenters. The fourth-order valence-corrected chi connectivity index (χ4v) is 3.63. The van der Waals surface area contributed by atoms with E-state index in [0.29, 0.717) is 0 Å². The molecule has 0 spiro atoms. The van der Waals surface area contributed by atoms with E-state index in [-0.39, 0.29) is 58.0 Å². The highest BCUT2D eigenvalue weighted by Crippen LogP contribution is 2.38. The van der Waals surface area contributed by atoms with Crippen molar-refractivity contribution >= 4 is 17.5 Å². The van der Waals surface area contributed by atoms with Gasteiger partial charge in [0, 0.05) is 29.8 Å². The zero-order chi connectivity index (χ0) is 22.6. The van der Waals surface area contributed by atoms with E-state index in [0.717, 1.165) is 11.6 Å². The van der Waals surface area contributed by atoms with Crippen LogP contribution in [-0.2, 0) is 0 Å². The Morgan fingerprint density at radius 2 is 1.77 bits per heavy atom. The number of ketones is 1. The third kappa shape index (κ3) is 6.24. The maximum atomic E-state index is 12.9. The van der Waals surface area contributed by atoms with Crippen LogP contribution >= 0.6 is 11.8 Å². The van der Waals surface area contributed by atoms with Gasteiger partial charge < -0.3 is 4.98 Å². The van der Waals surface area contributed by atoms with Gasteiger partial charge in [0.05, 0.1) is 0 Å². The summed E-state index contributed by atoms with van der Waals surface area (Å²) in [7, 11) is 0. The number of aromatic amines is 1. The highest BCUT2D eigenvalue weighted by Gasteiger charge is 2.29. The molecule has 0 bridgehead atoms. The van der Waals surface area contributed by atoms with E-state index in [1.54, 1.807) is 18.2 Å². The minimum absolute atomic E-state index is 0.0129. The van der Waals surface area contributed by atoms with Gasteiger partial charge in [-0.3, -0.25) is 9.59 Å². The molecule has 0 aliphatic heterocycles. The molecule has 1 N–H and O–H groups in total. The molecule has 2 heterocycles. The van der Waals surface area contributed by atoms with Crippen LogP contribution < -0.4 is 5.56 Å². The number of rotatable bonds is 7. The first kappa shape index (κ1) is 22.7. The lowest BCUT2D eigenvalue weighted by Crippen LogP contribution is -2.18. The fraction of sp³-hybridized carbons (Fsp3) is 0.286. The van der Waals surface area contributed by atoms with E-state index >= 15 is 0 Å². The van der Waals surface area contributed by atoms with Crippen LogP contribution in [0.4, 0.5) is 13.2 Å². The van der Waals surface area contributed by atoms with E-state index in [9.17, 15) is 22.8 Å². The van der Waals surface area contributed by atoms with Crippen LogP contribution in [0, 0.1) is 5.92 Å². The van der Waals surface area contributed by atoms with Crippen molar-refractivity contribution in [2.45, 2.75) is 36.6 Å². The molecule has 0 aliphatic carbocycles. The number of carbonyl (C=O) groups excluding carboxylic acids is 1. The van der Waals surface area contributed by atoms with Crippen molar-refractivity contribution in [3.05, 3.63) is 70.4 Å². The molecule has 0 unspecified atom stereocenters. The maximum Gasteiger partial charge on any atom is 0.446 e. The normalized spacial score (nSPS) is 12.7. The number of alkyl halides is 3. The Bertz CT molecular complexity index is 1100. The van der Waals surface area contributed by atoms with Crippen LogP contribution in [0.5, 0.6) is 0 Å². The minimum atomic E-state index is -4.36. The summed E-state index contributed by atoms with van der Waals surface area (Å²) in [5, 5.41) is 0. The van der Waals surface area contributed by atoms with Crippen molar-refractivity contribution in [1.82, 2.24) is 19.9 Å². The molecule has 0 aliphatic rings. The van der Waals surface area contributed by atoms with E-state index in [1.807, 2.05) is 13.8 Å². The second kappa shape index (κ2) is 9.42. The second-order valence-electron chi connectivity index (χ2n) is 7.15. The van der Waals surface area contributed by atoms with Crippen molar-refractivity contribution in [3.8, 4) is 11.6 Å². The average molecular weight is 448 g/mol. The SMILES string of the molecule is CC(C)[C@@H](CC(=O)c1cc(=O)[nH]c(-c2ncccn2)n1)c1ccc(SC(F)(F)F)cc1. The van der Waals surface area contributed by atoms with Gasteiger partial charge in [0.1, 0.15) is 5.69 Å². The van der Waals surface area contributed by atoms with Gasteiger partial charge in [-0.05, 0) is 47.4 Å². The van der Waals surface area contributed by atoms with Gasteiger partial charge >= 0.3 is 5.51 Å². The van der Waals surface area contributed by atoms with Gasteiger partial charge in [-0.15, -0.1) is 0 Å². The average Bonchev–Trinajstić information content (AvgIpc) is 2.71. The van der Waals surface area contributed by atoms with E-state index in [2.05, 4.69) is 19.9 Å². The number of hydrogen-bond donors (Lipinski definition) is 1. The number of Topliss-reactive ketones (excluding diaryl/α,β-unsaturated/α-hetero) is 1. The van der Waals surface area contributed by atoms with Crippen molar-refractivity contribution in [3.63, 3.8) is 0 Å². The van der Waals surface area contributed by atoms with Crippen LogP contribution in [0.3, 0.4) is 0 Å². The Hall–Kier alpha value is -3.01. The summed E-state index contributed by atoms with van der Waals surface area (Å²) in [6.45, 7) is 3.84. The molecule has 162 valence electrons. The predicted octanol–water partition coefficient (Wildman–Crippen LogP) is 4.85. The summed E-state index contributed by atoms with van der Waals surface area (Å²) in [4.78, 5) is 39.8. The minimum Gasteiger partial charge on any atom is -0.304 e. The largest absolute Gasteiger partial charge is 0.446 e. The van der Waals surface area contributed by atoms with Crippen molar-refractivity contribution in [2.24, 2.45) is 5.92 Å². The van der Waals surface area contributed by atoms with Crippen LogP contribution in [0.15, 0.2) is 58.5 Å². The lowest BCUT2D eigenvalue weighted by Gasteiger charge is -2.21. The van der Waals surface area contributed by atoms with Gasteiger partial charge in [-0.25, -0.2) is 15.0 Å². The molecular formula is C21H19F3N4O2S. The topological polar surface area (TPSA) is 88.6 Å². The monoisotopic (exact) mass is 448 g/mol. The number of nitrogens with one attached hydrogen (secondary N) is 1. The summed E-state index contributed by atoms with van der Waals surface area (Å²) >= 11 is -0.186. The number of H-pyrrole nitrogens is 1. The molecule has 2 aromatic heterocycles. The van der Waals surface area contributed by atoms with Crippen LogP contribution in [0.25, 0.3) is 11.6 Å². The molecule has 10 heteroatoms. The number of halogens is 3. The van der Waals surface area contributed by atoms with Gasteiger partial charge in [0.15, 0.2) is 17.4 Å². The Kier molecular flexibility index (Phi) is 6.89. The highest BCUT2D eigenvalue weighted by atomic mass is 32.2. The summed E-state index contributed by atoms with van der Waals surface area (Å²) < 4.78 is 37.7. The Balaban J connectivity index is 1.83. The number of hydrogen-bond acceptors (Lipinski definition) is 6. The molecule has 0 saturated carbocycles. The number of carbonyl (C=O) groups is 1. The quantitative estimate of drug-likeness (QED) is 0.411. The first-order chi connectivity index (χ1) is 14.6. The lowest BCUT2D eigenvalue weighted by molar-refractivity contribution is -0.0328. The maximum absolute atomic E-state index is 12.9. The molecular weight excluding hydrogens is 429 g/mol. The Labute approximate surface area is 180 Å². The summed E-state index contributed by atoms with van der Waals surface area (Å²) in [6, 6.07) is 8.71. The predicted molar refractivity (Wildman–Crippen MR) is 111 cm³/mol. The van der Waals surface area contributed by atoms with Crippen LogP contribution in [-0.4, -0.2) is 31.2 Å². The molecule has 6 nitrogen and oxygen atoms in total. The molecule has 0 radical (unpaired) electrons. The lowest BCUT2D eigenvalue weighted by atomic mass is 9.84. The van der Waals surface area contributed by atoms with E-state index in [4.69, 9.17) is 0 Å². The summed E-state index contributed by atoms with van der Waals surface area (Å²) in [5.74, 6) is -0.298. The third-order valence-corrected chi connectivity index (χ3v) is 5.30. The molecule has 3 rings (SSSR count). The molecule has 0 fully saturated rings. The van der Waals surface area contributed by atoms with Gasteiger partial charge in [-0.2, -0.15) is 13.2 Å². The standard InChI is InChI=1S/C21H19F3N4O2S/c1-12(2)15(13-4-6-14(7-5-13)31-21(22,23)24)10-17(29)16-11-18(30)28-20(27-16)19-25-8-3-9-26-19/h3-9,11-12,15H,10H2,1-2H3,(H,27,28,30)/t15-/m1/s1. The van der Waals surface area contributed by atoms with Crippen molar-refractivity contribution in [1.29, 1.82) is 0 Å². The van der Waals surface area contributed by atoms with Crippen LogP contribution in [0.1, 0.15) is 42.2 Å². The molecule has 3 aromatic rings. The van der Waals surface area contributed by atoms with Gasteiger partial charge in [-0.1, -0.05) is 26.0 Å². The second-order valence-corrected chi connectivity index (χ2v) is 8.28. The molecule has 0 saturated heterocycles. The summed E-state index contributed by atoms with van der Waals surface area (Å²) in [5.41, 5.74) is -4.14. The van der Waals surface area contributed by atoms with Crippen LogP contribution in [0.2, 0.25) is 0 Å². The Morgan fingerprint density at radius 3 is 2.35 bits per heavy atom. The molecule has 0 amide bonds. The first-order valence-corrected chi connectivity index (χ1v) is 10.2. The van der Waals surface area contributed by atoms with Crippen molar-refractivity contribution in [2.75, 3.05) is 0 Å². The number of aromatic nitrogens is 4. The van der Waals surface area contributed by atoms with Crippen molar-refractivity contribution < 1.29 is 18.0 Å². The fourth-order valence-electron chi connectivity index (χ4n) is 3.09. The molecule has 1 aromatic carbocycles. The zero-order valence-electron chi connectivity index (χ0n) is 16.7. The summed E-state index contributed by atoms with van der Waals surface area (Å²) in [6.07, 6.45) is 3.04. The van der Waals surface area contributed by atoms with Gasteiger partial charge in [0.2, 0.25) is 0 Å². The Morgan fingerprint density at radius 1 is 1.13 bits per heavy atom. The van der Waals surface area contributed by atoms with E-state index < -0.39 is 11.1 Å². The van der Waals surface area contributed by atoms with E-state index in [1.165, 1.54) is 24.5 Å². The highest BCUT2D eigenvalue weighted by molar-refractivity contribution is 8.00. The number of thioether (sulfide) groups is 1. The van der Waals surface area contributed by atoms with Gasteiger partial charge in [0.25, 0.3) is 5.56 Å². The zero-order valence-corrected chi connectivity index (χ0v) is 17.5.